The molecule has 0 saturated carbocycles. The Morgan fingerprint density at radius 3 is 2.54 bits per heavy atom. The molecule has 26 heavy (non-hydrogen) atoms. The van der Waals surface area contributed by atoms with Crippen molar-refractivity contribution in [3.63, 3.8) is 0 Å². The molecule has 1 heterocycles. The number of anilines is 2. The molecule has 0 aliphatic rings. The van der Waals surface area contributed by atoms with Gasteiger partial charge in [0.2, 0.25) is 0 Å². The van der Waals surface area contributed by atoms with Gasteiger partial charge in [-0.05, 0) is 49.8 Å². The Labute approximate surface area is 168 Å². The molecule has 7 heteroatoms. The summed E-state index contributed by atoms with van der Waals surface area (Å²) in [4.78, 5) is 0. The Bertz CT molecular complexity index is 932. The lowest BCUT2D eigenvalue weighted by Crippen LogP contribution is -2.19. The van der Waals surface area contributed by atoms with Gasteiger partial charge in [-0.1, -0.05) is 47.0 Å². The van der Waals surface area contributed by atoms with Gasteiger partial charge in [0.05, 0.1) is 18.4 Å². The predicted molar refractivity (Wildman–Crippen MR) is 114 cm³/mol. The average Bonchev–Trinajstić information content (AvgIpc) is 3.01. The van der Waals surface area contributed by atoms with E-state index < -0.39 is 0 Å². The van der Waals surface area contributed by atoms with Crippen molar-refractivity contribution in [3.8, 4) is 0 Å². The summed E-state index contributed by atoms with van der Waals surface area (Å²) in [5.41, 5.74) is 4.95. The van der Waals surface area contributed by atoms with Crippen LogP contribution in [0.15, 0.2) is 48.8 Å². The lowest BCUT2D eigenvalue weighted by atomic mass is 10.1. The summed E-state index contributed by atoms with van der Waals surface area (Å²) in [6.07, 6.45) is 3.57. The molecule has 0 spiro atoms. The molecule has 4 nitrogen and oxygen atoms in total. The highest BCUT2D eigenvalue weighted by atomic mass is 35.5. The molecule has 3 rings (SSSR count). The highest BCUT2D eigenvalue weighted by Crippen LogP contribution is 2.25. The number of hydrogen-bond acceptors (Lipinski definition) is 2. The summed E-state index contributed by atoms with van der Waals surface area (Å²) in [5, 5.41) is 12.4. The molecule has 2 N–H and O–H groups in total. The molecule has 3 aromatic rings. The van der Waals surface area contributed by atoms with Crippen molar-refractivity contribution in [2.24, 2.45) is 0 Å². The monoisotopic (exact) mass is 404 g/mol. The van der Waals surface area contributed by atoms with Crippen LogP contribution in [0, 0.1) is 13.8 Å². The zero-order valence-electron chi connectivity index (χ0n) is 14.4. The first-order valence-electron chi connectivity index (χ1n) is 8.03. The zero-order chi connectivity index (χ0) is 18.7. The second-order valence-corrected chi connectivity index (χ2v) is 7.25. The molecule has 0 aliphatic carbocycles. The maximum Gasteiger partial charge on any atom is 0.175 e. The van der Waals surface area contributed by atoms with Crippen LogP contribution in [0.2, 0.25) is 10.0 Å². The highest BCUT2D eigenvalue weighted by Gasteiger charge is 2.08. The Morgan fingerprint density at radius 1 is 1.12 bits per heavy atom. The summed E-state index contributed by atoms with van der Waals surface area (Å²) in [6.45, 7) is 4.59. The van der Waals surface area contributed by atoms with E-state index in [0.717, 1.165) is 22.5 Å². The molecule has 0 unspecified atom stereocenters. The molecule has 0 atom stereocenters. The van der Waals surface area contributed by atoms with Crippen LogP contribution >= 0.6 is 35.4 Å². The Hall–Kier alpha value is -2.08. The summed E-state index contributed by atoms with van der Waals surface area (Å²) < 4.78 is 1.76. The summed E-state index contributed by atoms with van der Waals surface area (Å²) in [5.74, 6) is 0. The number of hydrogen-bond donors (Lipinski definition) is 2. The number of nitrogens with one attached hydrogen (secondary N) is 2. The average molecular weight is 405 g/mol. The van der Waals surface area contributed by atoms with Crippen LogP contribution in [0.25, 0.3) is 0 Å². The number of halogens is 2. The van der Waals surface area contributed by atoms with Crippen LogP contribution in [0.3, 0.4) is 0 Å². The minimum Gasteiger partial charge on any atom is -0.332 e. The number of thiocarbonyl (C=S) groups is 1. The third-order valence-corrected chi connectivity index (χ3v) is 4.82. The van der Waals surface area contributed by atoms with Crippen molar-refractivity contribution in [1.29, 1.82) is 0 Å². The number of rotatable bonds is 4. The Kier molecular flexibility index (Phi) is 5.81. The van der Waals surface area contributed by atoms with Gasteiger partial charge >= 0.3 is 0 Å². The first-order chi connectivity index (χ1) is 12.4. The van der Waals surface area contributed by atoms with Crippen LogP contribution in [0.5, 0.6) is 0 Å². The van der Waals surface area contributed by atoms with Crippen molar-refractivity contribution in [2.45, 2.75) is 20.4 Å². The van der Waals surface area contributed by atoms with E-state index in [2.05, 4.69) is 28.7 Å². The van der Waals surface area contributed by atoms with Gasteiger partial charge < -0.3 is 10.6 Å². The molecule has 0 saturated heterocycles. The van der Waals surface area contributed by atoms with Gasteiger partial charge in [-0.2, -0.15) is 5.10 Å². The van der Waals surface area contributed by atoms with Gasteiger partial charge in [-0.3, -0.25) is 4.68 Å². The summed E-state index contributed by atoms with van der Waals surface area (Å²) in [7, 11) is 0. The van der Waals surface area contributed by atoms with Crippen LogP contribution in [0.4, 0.5) is 11.4 Å². The van der Waals surface area contributed by atoms with Crippen LogP contribution < -0.4 is 10.6 Å². The second kappa shape index (κ2) is 8.08. The van der Waals surface area contributed by atoms with E-state index in [-0.39, 0.29) is 0 Å². The van der Waals surface area contributed by atoms with E-state index in [9.17, 15) is 0 Å². The maximum absolute atomic E-state index is 6.21. The van der Waals surface area contributed by atoms with Gasteiger partial charge in [0.25, 0.3) is 0 Å². The lowest BCUT2D eigenvalue weighted by Gasteiger charge is -2.12. The summed E-state index contributed by atoms with van der Waals surface area (Å²) in [6, 6.07) is 11.6. The minimum absolute atomic E-state index is 0.484. The smallest absolute Gasteiger partial charge is 0.175 e. The van der Waals surface area contributed by atoms with Crippen LogP contribution in [0.1, 0.15) is 16.7 Å². The number of benzene rings is 2. The first kappa shape index (κ1) is 18.7. The molecule has 0 fully saturated rings. The largest absolute Gasteiger partial charge is 0.332 e. The SMILES string of the molecule is Cc1ccc(NC(=S)Nc2cnn(Cc3c(Cl)cccc3Cl)c2)c(C)c1. The Morgan fingerprint density at radius 2 is 1.85 bits per heavy atom. The lowest BCUT2D eigenvalue weighted by molar-refractivity contribution is 0.687. The van der Waals surface area contributed by atoms with Gasteiger partial charge in [0, 0.05) is 27.5 Å². The van der Waals surface area contributed by atoms with E-state index in [4.69, 9.17) is 35.4 Å². The maximum atomic E-state index is 6.21. The van der Waals surface area contributed by atoms with E-state index >= 15 is 0 Å². The summed E-state index contributed by atoms with van der Waals surface area (Å²) >= 11 is 17.8. The third-order valence-electron chi connectivity index (χ3n) is 3.90. The second-order valence-electron chi connectivity index (χ2n) is 6.02. The molecule has 2 aromatic carbocycles. The molecular formula is C19H18Cl2N4S. The van der Waals surface area contributed by atoms with Crippen molar-refractivity contribution in [2.75, 3.05) is 10.6 Å². The van der Waals surface area contributed by atoms with E-state index in [0.29, 0.717) is 21.7 Å². The highest BCUT2D eigenvalue weighted by molar-refractivity contribution is 7.80. The van der Waals surface area contributed by atoms with Gasteiger partial charge in [-0.15, -0.1) is 0 Å². The standard InChI is InChI=1S/C19H18Cl2N4S/c1-12-6-7-18(13(2)8-12)24-19(26)23-14-9-22-25(10-14)11-15-16(20)4-3-5-17(15)21/h3-10H,11H2,1-2H3,(H2,23,24,26). The topological polar surface area (TPSA) is 41.9 Å². The molecule has 0 aliphatic heterocycles. The van der Waals surface area contributed by atoms with Crippen molar-refractivity contribution in [3.05, 3.63) is 75.5 Å². The van der Waals surface area contributed by atoms with Crippen molar-refractivity contribution >= 4 is 51.9 Å². The van der Waals surface area contributed by atoms with Gasteiger partial charge in [0.15, 0.2) is 5.11 Å². The molecule has 134 valence electrons. The van der Waals surface area contributed by atoms with E-state index in [1.165, 1.54) is 5.56 Å². The third kappa shape index (κ3) is 4.55. The fraction of sp³-hybridized carbons (Fsp3) is 0.158. The fourth-order valence-corrected chi connectivity index (χ4v) is 3.34. The molecule has 0 radical (unpaired) electrons. The normalized spacial score (nSPS) is 10.6. The fourth-order valence-electron chi connectivity index (χ4n) is 2.60. The number of aromatic nitrogens is 2. The van der Waals surface area contributed by atoms with Gasteiger partial charge in [-0.25, -0.2) is 0 Å². The molecule has 1 aromatic heterocycles. The van der Waals surface area contributed by atoms with Crippen LogP contribution in [-0.4, -0.2) is 14.9 Å². The van der Waals surface area contributed by atoms with E-state index in [1.54, 1.807) is 10.9 Å². The van der Waals surface area contributed by atoms with Gasteiger partial charge in [0.1, 0.15) is 0 Å². The quantitative estimate of drug-likeness (QED) is 0.550. The van der Waals surface area contributed by atoms with Crippen LogP contribution in [-0.2, 0) is 6.54 Å². The minimum atomic E-state index is 0.484. The zero-order valence-corrected chi connectivity index (χ0v) is 16.7. The van der Waals surface area contributed by atoms with Crippen molar-refractivity contribution in [1.82, 2.24) is 9.78 Å². The number of aryl methyl sites for hydroxylation is 2. The van der Waals surface area contributed by atoms with Crippen molar-refractivity contribution < 1.29 is 0 Å². The molecular weight excluding hydrogens is 387 g/mol. The first-order valence-corrected chi connectivity index (χ1v) is 9.19. The Balaban J connectivity index is 1.65. The number of nitrogens with zero attached hydrogens (tertiary/aromatic N) is 2. The molecule has 0 amide bonds. The van der Waals surface area contributed by atoms with E-state index in [1.807, 2.05) is 43.5 Å². The molecule has 0 bridgehead atoms. The predicted octanol–water partition coefficient (Wildman–Crippen LogP) is 5.66.